The SMILES string of the molecule is COc1cccc(COc2cc(C)n(-c3ccnc(-c4nc(C(C)(C)C)ncc4C)c3)c(=O)c2Cl)n1. The predicted octanol–water partition coefficient (Wildman–Crippen LogP) is 5.24. The van der Waals surface area contributed by atoms with Gasteiger partial charge in [0.15, 0.2) is 0 Å². The lowest BCUT2D eigenvalue weighted by molar-refractivity contribution is 0.297. The van der Waals surface area contributed by atoms with Gasteiger partial charge in [-0.25, -0.2) is 15.0 Å². The second-order valence-corrected chi connectivity index (χ2v) is 9.82. The predicted molar refractivity (Wildman–Crippen MR) is 139 cm³/mol. The van der Waals surface area contributed by atoms with E-state index in [4.69, 9.17) is 26.1 Å². The van der Waals surface area contributed by atoms with E-state index < -0.39 is 5.56 Å². The van der Waals surface area contributed by atoms with Gasteiger partial charge in [-0.1, -0.05) is 38.4 Å². The van der Waals surface area contributed by atoms with Crippen LogP contribution in [-0.2, 0) is 12.0 Å². The van der Waals surface area contributed by atoms with Gasteiger partial charge >= 0.3 is 0 Å². The number of nitrogens with zero attached hydrogens (tertiary/aromatic N) is 5. The molecule has 4 aromatic heterocycles. The molecule has 186 valence electrons. The number of ether oxygens (including phenoxy) is 2. The summed E-state index contributed by atoms with van der Waals surface area (Å²) in [4.78, 5) is 31.4. The van der Waals surface area contributed by atoms with Crippen molar-refractivity contribution in [2.45, 2.75) is 46.6 Å². The zero-order valence-corrected chi connectivity index (χ0v) is 21.9. The molecule has 0 fully saturated rings. The average molecular weight is 506 g/mol. The Morgan fingerprint density at radius 2 is 1.83 bits per heavy atom. The van der Waals surface area contributed by atoms with Crippen LogP contribution in [0.3, 0.4) is 0 Å². The standard InChI is InChI=1S/C27H28ClN5O3/c1-16-14-30-26(27(3,4)5)32-24(16)20-13-19(10-11-29-20)33-17(2)12-21(23(28)25(33)34)36-15-18-8-7-9-22(31-18)35-6/h7-14H,15H2,1-6H3. The zero-order chi connectivity index (χ0) is 26.0. The van der Waals surface area contributed by atoms with Crippen molar-refractivity contribution in [1.82, 2.24) is 24.5 Å². The van der Waals surface area contributed by atoms with E-state index in [1.165, 1.54) is 4.57 Å². The monoisotopic (exact) mass is 505 g/mol. The number of rotatable bonds is 6. The third-order valence-corrected chi connectivity index (χ3v) is 5.90. The zero-order valence-electron chi connectivity index (χ0n) is 21.2. The fourth-order valence-corrected chi connectivity index (χ4v) is 3.85. The van der Waals surface area contributed by atoms with Crippen LogP contribution in [0.1, 0.15) is 43.5 Å². The molecular weight excluding hydrogens is 478 g/mol. The van der Waals surface area contributed by atoms with Gasteiger partial charge in [0.25, 0.3) is 5.56 Å². The number of pyridine rings is 3. The summed E-state index contributed by atoms with van der Waals surface area (Å²) in [5.41, 5.74) is 3.59. The summed E-state index contributed by atoms with van der Waals surface area (Å²) in [5.74, 6) is 1.49. The fraction of sp³-hybridized carbons (Fsp3) is 0.296. The van der Waals surface area contributed by atoms with E-state index in [1.807, 2.05) is 32.0 Å². The highest BCUT2D eigenvalue weighted by Gasteiger charge is 2.20. The van der Waals surface area contributed by atoms with E-state index in [-0.39, 0.29) is 22.8 Å². The molecule has 4 heterocycles. The van der Waals surface area contributed by atoms with Crippen LogP contribution in [0, 0.1) is 13.8 Å². The van der Waals surface area contributed by atoms with E-state index in [1.54, 1.807) is 37.7 Å². The maximum absolute atomic E-state index is 13.3. The van der Waals surface area contributed by atoms with Gasteiger partial charge < -0.3 is 9.47 Å². The highest BCUT2D eigenvalue weighted by molar-refractivity contribution is 6.31. The molecule has 0 radical (unpaired) electrons. The summed E-state index contributed by atoms with van der Waals surface area (Å²) in [6.45, 7) is 10.1. The van der Waals surface area contributed by atoms with E-state index in [2.05, 4.69) is 35.7 Å². The number of aromatic nitrogens is 5. The molecule has 0 saturated heterocycles. The molecule has 0 aliphatic carbocycles. The highest BCUT2D eigenvalue weighted by Crippen LogP contribution is 2.27. The molecular formula is C27H28ClN5O3. The minimum Gasteiger partial charge on any atom is -0.485 e. The first-order valence-electron chi connectivity index (χ1n) is 11.4. The van der Waals surface area contributed by atoms with Crippen LogP contribution < -0.4 is 15.0 Å². The first-order chi connectivity index (χ1) is 17.1. The Kier molecular flexibility index (Phi) is 7.08. The molecule has 0 atom stereocenters. The van der Waals surface area contributed by atoms with Crippen molar-refractivity contribution in [3.05, 3.63) is 86.9 Å². The van der Waals surface area contributed by atoms with Gasteiger partial charge in [-0.05, 0) is 37.6 Å². The summed E-state index contributed by atoms with van der Waals surface area (Å²) >= 11 is 6.46. The minimum atomic E-state index is -0.391. The van der Waals surface area contributed by atoms with Crippen molar-refractivity contribution < 1.29 is 9.47 Å². The molecule has 0 aliphatic heterocycles. The van der Waals surface area contributed by atoms with Crippen LogP contribution in [0.4, 0.5) is 0 Å². The van der Waals surface area contributed by atoms with Gasteiger partial charge in [0.05, 0.1) is 29.9 Å². The number of methoxy groups -OCH3 is 1. The van der Waals surface area contributed by atoms with Gasteiger partial charge in [0.1, 0.15) is 23.2 Å². The molecule has 0 amide bonds. The molecule has 0 aliphatic rings. The van der Waals surface area contributed by atoms with Crippen molar-refractivity contribution in [2.24, 2.45) is 0 Å². The third-order valence-electron chi connectivity index (χ3n) is 5.55. The Balaban J connectivity index is 1.69. The van der Waals surface area contributed by atoms with Crippen molar-refractivity contribution in [3.63, 3.8) is 0 Å². The van der Waals surface area contributed by atoms with E-state index in [0.717, 1.165) is 17.1 Å². The Morgan fingerprint density at radius 3 is 2.56 bits per heavy atom. The van der Waals surface area contributed by atoms with Crippen LogP contribution >= 0.6 is 11.6 Å². The lowest BCUT2D eigenvalue weighted by atomic mass is 9.95. The molecule has 0 saturated carbocycles. The second kappa shape index (κ2) is 10.1. The Bertz CT molecular complexity index is 1480. The summed E-state index contributed by atoms with van der Waals surface area (Å²) in [6, 6.07) is 10.7. The maximum atomic E-state index is 13.3. The van der Waals surface area contributed by atoms with Crippen molar-refractivity contribution >= 4 is 11.6 Å². The summed E-state index contributed by atoms with van der Waals surface area (Å²) in [6.07, 6.45) is 3.45. The fourth-order valence-electron chi connectivity index (χ4n) is 3.66. The van der Waals surface area contributed by atoms with Gasteiger partial charge in [-0.2, -0.15) is 0 Å². The van der Waals surface area contributed by atoms with Crippen molar-refractivity contribution in [3.8, 4) is 28.7 Å². The Hall–Kier alpha value is -3.78. The first kappa shape index (κ1) is 25.3. The van der Waals surface area contributed by atoms with Gasteiger partial charge in [0.2, 0.25) is 5.88 Å². The van der Waals surface area contributed by atoms with Gasteiger partial charge in [0, 0.05) is 35.6 Å². The van der Waals surface area contributed by atoms with Gasteiger partial charge in [-0.3, -0.25) is 14.3 Å². The largest absolute Gasteiger partial charge is 0.485 e. The van der Waals surface area contributed by atoms with E-state index in [0.29, 0.717) is 28.6 Å². The normalized spacial score (nSPS) is 11.4. The quantitative estimate of drug-likeness (QED) is 0.354. The molecule has 4 rings (SSSR count). The van der Waals surface area contributed by atoms with E-state index >= 15 is 0 Å². The summed E-state index contributed by atoms with van der Waals surface area (Å²) in [7, 11) is 1.55. The number of hydrogen-bond acceptors (Lipinski definition) is 7. The molecule has 0 bridgehead atoms. The van der Waals surface area contributed by atoms with Crippen LogP contribution in [0.2, 0.25) is 5.02 Å². The molecule has 0 spiro atoms. The van der Waals surface area contributed by atoms with Crippen LogP contribution in [-0.4, -0.2) is 31.6 Å². The molecule has 8 nitrogen and oxygen atoms in total. The molecule has 9 heteroatoms. The second-order valence-electron chi connectivity index (χ2n) is 9.44. The summed E-state index contributed by atoms with van der Waals surface area (Å²) < 4.78 is 12.5. The molecule has 0 aromatic carbocycles. The Labute approximate surface area is 215 Å². The van der Waals surface area contributed by atoms with E-state index in [9.17, 15) is 4.79 Å². The molecule has 4 aromatic rings. The minimum absolute atomic E-state index is 0.0184. The maximum Gasteiger partial charge on any atom is 0.277 e. The summed E-state index contributed by atoms with van der Waals surface area (Å²) in [5, 5.41) is -0.0184. The smallest absolute Gasteiger partial charge is 0.277 e. The first-order valence-corrected chi connectivity index (χ1v) is 11.8. The van der Waals surface area contributed by atoms with Crippen molar-refractivity contribution in [1.29, 1.82) is 0 Å². The van der Waals surface area contributed by atoms with Crippen LogP contribution in [0.15, 0.2) is 53.6 Å². The number of hydrogen-bond donors (Lipinski definition) is 0. The Morgan fingerprint density at radius 1 is 1.06 bits per heavy atom. The lowest BCUT2D eigenvalue weighted by Gasteiger charge is -2.18. The number of halogens is 1. The van der Waals surface area contributed by atoms with Gasteiger partial charge in [-0.15, -0.1) is 0 Å². The number of aryl methyl sites for hydroxylation is 2. The van der Waals surface area contributed by atoms with Crippen LogP contribution in [0.5, 0.6) is 11.6 Å². The van der Waals surface area contributed by atoms with Crippen LogP contribution in [0.25, 0.3) is 17.1 Å². The lowest BCUT2D eigenvalue weighted by Crippen LogP contribution is -2.22. The topological polar surface area (TPSA) is 92.0 Å². The third kappa shape index (κ3) is 5.23. The highest BCUT2D eigenvalue weighted by atomic mass is 35.5. The molecule has 0 N–H and O–H groups in total. The van der Waals surface area contributed by atoms with Crippen molar-refractivity contribution in [2.75, 3.05) is 7.11 Å². The molecule has 36 heavy (non-hydrogen) atoms. The average Bonchev–Trinajstić information content (AvgIpc) is 2.85. The molecule has 0 unspecified atom stereocenters.